The summed E-state index contributed by atoms with van der Waals surface area (Å²) in [5.74, 6) is 2.26. The van der Waals surface area contributed by atoms with Crippen molar-refractivity contribution in [3.05, 3.63) is 0 Å². The molecule has 0 atom stereocenters. The lowest BCUT2D eigenvalue weighted by Crippen LogP contribution is -2.53. The maximum Gasteiger partial charge on any atom is 0.261 e. The molecule has 0 bridgehead atoms. The Balaban J connectivity index is 1.36. The predicted molar refractivity (Wildman–Crippen MR) is 118 cm³/mol. The number of anilines is 2. The lowest BCUT2D eigenvalue weighted by Gasteiger charge is -2.38. The number of rotatable bonds is 8. The summed E-state index contributed by atoms with van der Waals surface area (Å²) in [5, 5.41) is 15.2. The Morgan fingerprint density at radius 2 is 1.71 bits per heavy atom. The van der Waals surface area contributed by atoms with Crippen LogP contribution in [0.2, 0.25) is 0 Å². The number of nitrogens with zero attached hydrogens (tertiary/aromatic N) is 7. The molecule has 11 nitrogen and oxygen atoms in total. The van der Waals surface area contributed by atoms with Gasteiger partial charge in [-0.15, -0.1) is 10.2 Å². The highest BCUT2D eigenvalue weighted by Crippen LogP contribution is 2.28. The second-order valence-corrected chi connectivity index (χ2v) is 8.61. The van der Waals surface area contributed by atoms with E-state index in [1.165, 1.54) is 11.8 Å². The van der Waals surface area contributed by atoms with Crippen molar-refractivity contribution in [2.45, 2.75) is 38.3 Å². The molecule has 0 aromatic carbocycles. The molecule has 1 aliphatic carbocycles. The molecule has 0 radical (unpaired) electrons. The van der Waals surface area contributed by atoms with Crippen LogP contribution in [0.5, 0.6) is 0 Å². The van der Waals surface area contributed by atoms with Gasteiger partial charge in [-0.3, -0.25) is 9.59 Å². The van der Waals surface area contributed by atoms with Gasteiger partial charge in [0.15, 0.2) is 5.16 Å². The monoisotopic (exact) mass is 447 g/mol. The number of hydrogen-bond acceptors (Lipinski definition) is 9. The van der Waals surface area contributed by atoms with Gasteiger partial charge in [0.25, 0.3) is 5.78 Å². The Morgan fingerprint density at radius 1 is 1.00 bits per heavy atom. The van der Waals surface area contributed by atoms with Crippen LogP contribution in [0.3, 0.4) is 0 Å². The normalized spacial score (nSPS) is 17.0. The average Bonchev–Trinajstić information content (AvgIpc) is 3.14. The SMILES string of the molecule is CCNc1nc(NCC)n2c(SCC(=O)N3CCN(C(=O)C4CCC4)CC3)nnc2n1. The van der Waals surface area contributed by atoms with Gasteiger partial charge in [0.2, 0.25) is 23.7 Å². The van der Waals surface area contributed by atoms with Crippen molar-refractivity contribution in [3.8, 4) is 0 Å². The Kier molecular flexibility index (Phi) is 6.73. The van der Waals surface area contributed by atoms with Gasteiger partial charge < -0.3 is 20.4 Å². The van der Waals surface area contributed by atoms with E-state index in [4.69, 9.17) is 0 Å². The molecule has 3 heterocycles. The number of piperazine rings is 1. The van der Waals surface area contributed by atoms with Gasteiger partial charge in [0.1, 0.15) is 0 Å². The fourth-order valence-corrected chi connectivity index (χ4v) is 4.54. The number of thioether (sulfide) groups is 1. The van der Waals surface area contributed by atoms with Crippen LogP contribution in [0.25, 0.3) is 5.78 Å². The minimum absolute atomic E-state index is 0.0349. The molecule has 0 spiro atoms. The van der Waals surface area contributed by atoms with Gasteiger partial charge in [-0.05, 0) is 26.7 Å². The van der Waals surface area contributed by atoms with Crippen molar-refractivity contribution < 1.29 is 9.59 Å². The molecule has 2 amide bonds. The van der Waals surface area contributed by atoms with Gasteiger partial charge in [-0.2, -0.15) is 9.97 Å². The predicted octanol–water partition coefficient (Wildman–Crippen LogP) is 0.946. The minimum Gasteiger partial charge on any atom is -0.355 e. The second-order valence-electron chi connectivity index (χ2n) is 7.67. The molecule has 2 aromatic rings. The Bertz CT molecular complexity index is 938. The molecule has 31 heavy (non-hydrogen) atoms. The standard InChI is InChI=1S/C19H29N9O2S/c1-3-20-16-22-17(21-4-2)28-18(23-16)24-25-19(28)31-12-14(29)26-8-10-27(11-9-26)15(30)13-6-5-7-13/h13H,3-12H2,1-2H3,(H2,20,21,22,23,24). The zero-order chi connectivity index (χ0) is 21.8. The van der Waals surface area contributed by atoms with Crippen molar-refractivity contribution in [1.29, 1.82) is 0 Å². The summed E-state index contributed by atoms with van der Waals surface area (Å²) < 4.78 is 1.73. The van der Waals surface area contributed by atoms with E-state index >= 15 is 0 Å². The van der Waals surface area contributed by atoms with Gasteiger partial charge in [-0.25, -0.2) is 4.40 Å². The molecule has 2 aliphatic rings. The van der Waals surface area contributed by atoms with Gasteiger partial charge in [-0.1, -0.05) is 18.2 Å². The van der Waals surface area contributed by atoms with E-state index < -0.39 is 0 Å². The Morgan fingerprint density at radius 3 is 2.35 bits per heavy atom. The van der Waals surface area contributed by atoms with E-state index in [1.807, 2.05) is 23.6 Å². The quantitative estimate of drug-likeness (QED) is 0.570. The van der Waals surface area contributed by atoms with Crippen molar-refractivity contribution in [2.75, 3.05) is 55.7 Å². The molecule has 1 aliphatic heterocycles. The number of carbonyl (C=O) groups is 2. The fourth-order valence-electron chi connectivity index (χ4n) is 3.70. The third kappa shape index (κ3) is 4.68. The molecule has 1 saturated carbocycles. The van der Waals surface area contributed by atoms with Crippen molar-refractivity contribution in [1.82, 2.24) is 34.4 Å². The largest absolute Gasteiger partial charge is 0.355 e. The highest BCUT2D eigenvalue weighted by Gasteiger charge is 2.32. The van der Waals surface area contributed by atoms with Gasteiger partial charge in [0.05, 0.1) is 5.75 Å². The lowest BCUT2D eigenvalue weighted by atomic mass is 9.84. The molecule has 168 valence electrons. The maximum absolute atomic E-state index is 12.7. The second kappa shape index (κ2) is 9.67. The average molecular weight is 448 g/mol. The molecular weight excluding hydrogens is 418 g/mol. The number of amides is 2. The van der Waals surface area contributed by atoms with Crippen LogP contribution in [-0.4, -0.2) is 91.2 Å². The fraction of sp³-hybridized carbons (Fsp3) is 0.684. The molecule has 0 unspecified atom stereocenters. The number of fused-ring (bicyclic) bond motifs is 1. The van der Waals surface area contributed by atoms with E-state index in [0.717, 1.165) is 19.3 Å². The lowest BCUT2D eigenvalue weighted by molar-refractivity contribution is -0.143. The van der Waals surface area contributed by atoms with E-state index in [0.29, 0.717) is 62.1 Å². The summed E-state index contributed by atoms with van der Waals surface area (Å²) in [6.45, 7) is 7.73. The van der Waals surface area contributed by atoms with E-state index in [9.17, 15) is 9.59 Å². The van der Waals surface area contributed by atoms with Gasteiger partial charge in [0, 0.05) is 45.2 Å². The summed E-state index contributed by atoms with van der Waals surface area (Å²) >= 11 is 1.32. The number of hydrogen-bond donors (Lipinski definition) is 2. The summed E-state index contributed by atoms with van der Waals surface area (Å²) in [6.07, 6.45) is 3.17. The topological polar surface area (TPSA) is 121 Å². The zero-order valence-electron chi connectivity index (χ0n) is 18.0. The van der Waals surface area contributed by atoms with E-state index in [1.54, 1.807) is 4.40 Å². The summed E-state index contributed by atoms with van der Waals surface area (Å²) in [5.41, 5.74) is 0. The summed E-state index contributed by atoms with van der Waals surface area (Å²) in [6, 6.07) is 0. The van der Waals surface area contributed by atoms with Crippen molar-refractivity contribution >= 4 is 41.3 Å². The molecule has 2 fully saturated rings. The molecule has 1 saturated heterocycles. The molecule has 12 heteroatoms. The minimum atomic E-state index is 0.0349. The number of aromatic nitrogens is 5. The Labute approximate surface area is 185 Å². The maximum atomic E-state index is 12.7. The van der Waals surface area contributed by atoms with Crippen LogP contribution < -0.4 is 10.6 Å². The van der Waals surface area contributed by atoms with Crippen molar-refractivity contribution in [2.24, 2.45) is 5.92 Å². The third-order valence-electron chi connectivity index (χ3n) is 5.64. The molecule has 2 aromatic heterocycles. The molecule has 4 rings (SSSR count). The van der Waals surface area contributed by atoms with Crippen LogP contribution in [-0.2, 0) is 9.59 Å². The zero-order valence-corrected chi connectivity index (χ0v) is 18.8. The van der Waals surface area contributed by atoms with Crippen LogP contribution in [0, 0.1) is 5.92 Å². The Hall–Kier alpha value is -2.63. The van der Waals surface area contributed by atoms with Crippen molar-refractivity contribution in [3.63, 3.8) is 0 Å². The first kappa shape index (κ1) is 21.6. The van der Waals surface area contributed by atoms with E-state index in [2.05, 4.69) is 30.8 Å². The van der Waals surface area contributed by atoms with Gasteiger partial charge >= 0.3 is 0 Å². The third-order valence-corrected chi connectivity index (χ3v) is 6.55. The summed E-state index contributed by atoms with van der Waals surface area (Å²) in [7, 11) is 0. The van der Waals surface area contributed by atoms with Crippen LogP contribution >= 0.6 is 11.8 Å². The van der Waals surface area contributed by atoms with E-state index in [-0.39, 0.29) is 23.5 Å². The number of nitrogens with one attached hydrogen (secondary N) is 2. The summed E-state index contributed by atoms with van der Waals surface area (Å²) in [4.78, 5) is 37.7. The first-order valence-electron chi connectivity index (χ1n) is 10.9. The molecular formula is C19H29N9O2S. The first-order valence-corrected chi connectivity index (χ1v) is 11.9. The highest BCUT2D eigenvalue weighted by atomic mass is 32.2. The van der Waals surface area contributed by atoms with Crippen LogP contribution in [0.1, 0.15) is 33.1 Å². The molecule has 2 N–H and O–H groups in total. The van der Waals surface area contributed by atoms with Crippen LogP contribution in [0.4, 0.5) is 11.9 Å². The first-order chi connectivity index (χ1) is 15.1. The highest BCUT2D eigenvalue weighted by molar-refractivity contribution is 7.99. The van der Waals surface area contributed by atoms with Crippen LogP contribution in [0.15, 0.2) is 5.16 Å². The number of carbonyl (C=O) groups excluding carboxylic acids is 2. The smallest absolute Gasteiger partial charge is 0.261 e.